The number of halogens is 3. The summed E-state index contributed by atoms with van der Waals surface area (Å²) >= 11 is 0. The summed E-state index contributed by atoms with van der Waals surface area (Å²) < 4.78 is 64.2. The second-order valence-corrected chi connectivity index (χ2v) is 8.85. The lowest BCUT2D eigenvalue weighted by atomic mass is 10.1. The van der Waals surface area contributed by atoms with Crippen LogP contribution in [0.2, 0.25) is 0 Å². The van der Waals surface area contributed by atoms with E-state index in [-0.39, 0.29) is 16.0 Å². The molecule has 1 saturated heterocycles. The summed E-state index contributed by atoms with van der Waals surface area (Å²) in [5.74, 6) is 0. The van der Waals surface area contributed by atoms with E-state index in [1.54, 1.807) is 12.1 Å². The molecular weight excluding hydrogens is 405 g/mol. The fraction of sp³-hybridized carbons (Fsp3) is 0.316. The van der Waals surface area contributed by atoms with E-state index in [1.165, 1.54) is 0 Å². The molecule has 29 heavy (non-hydrogen) atoms. The summed E-state index contributed by atoms with van der Waals surface area (Å²) in [4.78, 5) is -0.240. The molecule has 2 heterocycles. The number of piperidine rings is 1. The highest BCUT2D eigenvalue weighted by molar-refractivity contribution is 7.91. The van der Waals surface area contributed by atoms with Gasteiger partial charge in [0.15, 0.2) is 5.03 Å². The van der Waals surface area contributed by atoms with E-state index in [9.17, 15) is 21.6 Å². The van der Waals surface area contributed by atoms with Crippen molar-refractivity contribution in [2.75, 3.05) is 18.4 Å². The lowest BCUT2D eigenvalue weighted by Gasteiger charge is -2.24. The topological polar surface area (TPSA) is 86.9 Å². The van der Waals surface area contributed by atoms with Crippen LogP contribution in [0.25, 0.3) is 10.9 Å². The first-order valence-electron chi connectivity index (χ1n) is 9.13. The Hall–Kier alpha value is -2.59. The molecular formula is C19H19F3N4O2S. The molecule has 2 aromatic carbocycles. The Labute approximate surface area is 165 Å². The summed E-state index contributed by atoms with van der Waals surface area (Å²) in [5.41, 5.74) is 0.401. The number of H-pyrrole nitrogens is 1. The normalized spacial score (nSPS) is 16.2. The number of nitrogens with one attached hydrogen (secondary N) is 3. The molecule has 1 aliphatic rings. The average Bonchev–Trinajstić information content (AvgIpc) is 3.12. The van der Waals surface area contributed by atoms with Gasteiger partial charge in [-0.15, -0.1) is 0 Å². The maximum absolute atomic E-state index is 13.0. The van der Waals surface area contributed by atoms with Crippen molar-refractivity contribution in [2.24, 2.45) is 0 Å². The molecule has 1 aliphatic heterocycles. The van der Waals surface area contributed by atoms with Gasteiger partial charge in [-0.1, -0.05) is 0 Å². The van der Waals surface area contributed by atoms with E-state index < -0.39 is 21.6 Å². The van der Waals surface area contributed by atoms with Gasteiger partial charge in [0.05, 0.1) is 16.0 Å². The van der Waals surface area contributed by atoms with Crippen LogP contribution in [0.4, 0.5) is 18.9 Å². The zero-order valence-corrected chi connectivity index (χ0v) is 16.1. The van der Waals surface area contributed by atoms with E-state index in [4.69, 9.17) is 0 Å². The van der Waals surface area contributed by atoms with Gasteiger partial charge in [0.2, 0.25) is 9.84 Å². The third-order valence-corrected chi connectivity index (χ3v) is 6.70. The van der Waals surface area contributed by atoms with Crippen LogP contribution >= 0.6 is 0 Å². The van der Waals surface area contributed by atoms with Gasteiger partial charge >= 0.3 is 6.18 Å². The van der Waals surface area contributed by atoms with Gasteiger partial charge in [-0.05, 0) is 68.4 Å². The van der Waals surface area contributed by atoms with E-state index in [2.05, 4.69) is 20.8 Å². The van der Waals surface area contributed by atoms with Crippen molar-refractivity contribution < 1.29 is 21.6 Å². The van der Waals surface area contributed by atoms with Gasteiger partial charge in [0.25, 0.3) is 0 Å². The zero-order valence-electron chi connectivity index (χ0n) is 15.3. The average molecular weight is 424 g/mol. The quantitative estimate of drug-likeness (QED) is 0.596. The number of sulfone groups is 1. The molecule has 0 unspecified atom stereocenters. The molecule has 1 fully saturated rings. The minimum atomic E-state index is -4.53. The van der Waals surface area contributed by atoms with Crippen LogP contribution in [0.15, 0.2) is 52.4 Å². The number of hydrogen-bond donors (Lipinski definition) is 3. The van der Waals surface area contributed by atoms with E-state index in [0.717, 1.165) is 55.9 Å². The molecule has 0 bridgehead atoms. The lowest BCUT2D eigenvalue weighted by Crippen LogP contribution is -2.35. The molecule has 0 amide bonds. The molecule has 0 radical (unpaired) electrons. The highest BCUT2D eigenvalue weighted by atomic mass is 32.2. The van der Waals surface area contributed by atoms with Crippen molar-refractivity contribution in [1.82, 2.24) is 15.5 Å². The Balaban J connectivity index is 1.67. The van der Waals surface area contributed by atoms with Crippen LogP contribution in [0.3, 0.4) is 0 Å². The number of aromatic amines is 1. The highest BCUT2D eigenvalue weighted by Gasteiger charge is 2.31. The lowest BCUT2D eigenvalue weighted by molar-refractivity contribution is -0.137. The Bertz CT molecular complexity index is 1120. The number of rotatable bonds is 4. The first kappa shape index (κ1) is 19.7. The van der Waals surface area contributed by atoms with Gasteiger partial charge in [-0.3, -0.25) is 5.10 Å². The Kier molecular flexibility index (Phi) is 4.99. The molecule has 4 rings (SSSR count). The summed E-state index contributed by atoms with van der Waals surface area (Å²) in [6.45, 7) is 1.83. The molecule has 3 N–H and O–H groups in total. The third-order valence-electron chi connectivity index (χ3n) is 4.98. The summed E-state index contributed by atoms with van der Waals surface area (Å²) in [6.07, 6.45) is -2.61. The number of aromatic nitrogens is 2. The molecule has 6 nitrogen and oxygen atoms in total. The van der Waals surface area contributed by atoms with E-state index in [0.29, 0.717) is 10.9 Å². The molecule has 0 aliphatic carbocycles. The second-order valence-electron chi connectivity index (χ2n) is 6.98. The van der Waals surface area contributed by atoms with Crippen LogP contribution in [-0.4, -0.2) is 37.7 Å². The standard InChI is InChI=1S/C19H19F3N4O2S/c20-19(21,22)12-1-4-15(5-2-12)29(27,28)18-16-11-14(3-6-17(16)25-26-18)24-13-7-9-23-10-8-13/h1-6,11,13,23-24H,7-10H2,(H,25,26). The fourth-order valence-corrected chi connectivity index (χ4v) is 4.76. The predicted molar refractivity (Wildman–Crippen MR) is 103 cm³/mol. The molecule has 0 atom stereocenters. The smallest absolute Gasteiger partial charge is 0.382 e. The van der Waals surface area contributed by atoms with Gasteiger partial charge in [0, 0.05) is 17.1 Å². The highest BCUT2D eigenvalue weighted by Crippen LogP contribution is 2.32. The Morgan fingerprint density at radius 2 is 1.72 bits per heavy atom. The van der Waals surface area contributed by atoms with Crippen LogP contribution in [0.1, 0.15) is 18.4 Å². The first-order valence-corrected chi connectivity index (χ1v) is 10.6. The number of anilines is 1. The van der Waals surface area contributed by atoms with E-state index in [1.807, 2.05) is 6.07 Å². The van der Waals surface area contributed by atoms with Crippen molar-refractivity contribution in [1.29, 1.82) is 0 Å². The SMILES string of the molecule is O=S(=O)(c1ccc(C(F)(F)F)cc1)c1n[nH]c2ccc(NC3CCNCC3)cc12. The van der Waals surface area contributed by atoms with Crippen molar-refractivity contribution >= 4 is 26.4 Å². The second kappa shape index (κ2) is 7.34. The zero-order chi connectivity index (χ0) is 20.6. The van der Waals surface area contributed by atoms with Crippen LogP contribution in [0.5, 0.6) is 0 Å². The number of fused-ring (bicyclic) bond motifs is 1. The Morgan fingerprint density at radius 1 is 1.03 bits per heavy atom. The number of benzene rings is 2. The molecule has 0 saturated carbocycles. The van der Waals surface area contributed by atoms with Crippen LogP contribution in [-0.2, 0) is 16.0 Å². The maximum Gasteiger partial charge on any atom is 0.416 e. The summed E-state index contributed by atoms with van der Waals surface area (Å²) in [7, 11) is -4.08. The van der Waals surface area contributed by atoms with Gasteiger partial charge in [0.1, 0.15) is 0 Å². The first-order chi connectivity index (χ1) is 13.7. The van der Waals surface area contributed by atoms with Crippen molar-refractivity contribution in [3.8, 4) is 0 Å². The molecule has 10 heteroatoms. The fourth-order valence-electron chi connectivity index (χ4n) is 3.42. The molecule has 154 valence electrons. The Morgan fingerprint density at radius 3 is 2.38 bits per heavy atom. The van der Waals surface area contributed by atoms with Crippen molar-refractivity contribution in [2.45, 2.75) is 35.0 Å². The van der Waals surface area contributed by atoms with Crippen LogP contribution in [0, 0.1) is 0 Å². The van der Waals surface area contributed by atoms with E-state index >= 15 is 0 Å². The van der Waals surface area contributed by atoms with Gasteiger partial charge < -0.3 is 10.6 Å². The van der Waals surface area contributed by atoms with Gasteiger partial charge in [-0.2, -0.15) is 18.3 Å². The largest absolute Gasteiger partial charge is 0.416 e. The minimum Gasteiger partial charge on any atom is -0.382 e. The maximum atomic E-state index is 13.0. The predicted octanol–water partition coefficient (Wildman–Crippen LogP) is 3.58. The molecule has 0 spiro atoms. The monoisotopic (exact) mass is 424 g/mol. The molecule has 3 aromatic rings. The minimum absolute atomic E-state index is 0.207. The van der Waals surface area contributed by atoms with Crippen LogP contribution < -0.4 is 10.6 Å². The number of hydrogen-bond acceptors (Lipinski definition) is 5. The molecule has 1 aromatic heterocycles. The third kappa shape index (κ3) is 3.95. The van der Waals surface area contributed by atoms with Crippen molar-refractivity contribution in [3.63, 3.8) is 0 Å². The van der Waals surface area contributed by atoms with Crippen molar-refractivity contribution in [3.05, 3.63) is 48.0 Å². The summed E-state index contributed by atoms with van der Waals surface area (Å²) in [5, 5.41) is 13.5. The number of nitrogens with zero attached hydrogens (tertiary/aromatic N) is 1. The summed E-state index contributed by atoms with van der Waals surface area (Å²) in [6, 6.07) is 8.99. The van der Waals surface area contributed by atoms with Gasteiger partial charge in [-0.25, -0.2) is 8.42 Å². The number of alkyl halides is 3.